The molecule has 0 bridgehead atoms. The quantitative estimate of drug-likeness (QED) is 0.356. The maximum Gasteiger partial charge on any atom is 0.336 e. The Balaban J connectivity index is 2.79. The second kappa shape index (κ2) is 11.5. The molecule has 2 aromatic carbocycles. The van der Waals surface area contributed by atoms with E-state index < -0.39 is 11.9 Å². The van der Waals surface area contributed by atoms with Gasteiger partial charge in [0.15, 0.2) is 0 Å². The SMILES string of the molecule is CCCc1cc(C(C)(C)c2cc(CCC)c(C(=O)O)c(CCC)c2)cc(CCC)c1C(=O)O. The maximum atomic E-state index is 12.1. The van der Waals surface area contributed by atoms with E-state index in [1.54, 1.807) is 0 Å². The first-order valence-electron chi connectivity index (χ1n) is 12.4. The van der Waals surface area contributed by atoms with Crippen molar-refractivity contribution in [3.63, 3.8) is 0 Å². The molecule has 0 aliphatic rings. The third kappa shape index (κ3) is 5.85. The molecule has 0 radical (unpaired) electrons. The van der Waals surface area contributed by atoms with Crippen LogP contribution in [0, 0.1) is 0 Å². The van der Waals surface area contributed by atoms with Gasteiger partial charge >= 0.3 is 11.9 Å². The van der Waals surface area contributed by atoms with Crippen LogP contribution in [0.2, 0.25) is 0 Å². The smallest absolute Gasteiger partial charge is 0.336 e. The van der Waals surface area contributed by atoms with Crippen molar-refractivity contribution in [3.8, 4) is 0 Å². The summed E-state index contributed by atoms with van der Waals surface area (Å²) in [7, 11) is 0. The second-order valence-electron chi connectivity index (χ2n) is 9.57. The Morgan fingerprint density at radius 2 is 0.848 bits per heavy atom. The molecule has 2 aromatic rings. The average Bonchev–Trinajstić information content (AvgIpc) is 2.73. The summed E-state index contributed by atoms with van der Waals surface area (Å²) >= 11 is 0. The lowest BCUT2D eigenvalue weighted by atomic mass is 9.74. The molecule has 0 aliphatic heterocycles. The highest BCUT2D eigenvalue weighted by Crippen LogP contribution is 2.37. The fourth-order valence-corrected chi connectivity index (χ4v) is 4.84. The average molecular weight is 453 g/mol. The molecule has 180 valence electrons. The van der Waals surface area contributed by atoms with E-state index in [9.17, 15) is 19.8 Å². The van der Waals surface area contributed by atoms with Gasteiger partial charge in [0.1, 0.15) is 0 Å². The van der Waals surface area contributed by atoms with Crippen molar-refractivity contribution in [3.05, 3.63) is 68.8 Å². The van der Waals surface area contributed by atoms with E-state index in [4.69, 9.17) is 0 Å². The van der Waals surface area contributed by atoms with Crippen LogP contribution >= 0.6 is 0 Å². The zero-order valence-electron chi connectivity index (χ0n) is 21.2. The Hall–Kier alpha value is -2.62. The molecule has 2 rings (SSSR count). The van der Waals surface area contributed by atoms with Crippen molar-refractivity contribution in [1.29, 1.82) is 0 Å². The summed E-state index contributed by atoms with van der Waals surface area (Å²) in [5.74, 6) is -1.71. The van der Waals surface area contributed by atoms with Crippen LogP contribution in [0.25, 0.3) is 0 Å². The van der Waals surface area contributed by atoms with E-state index in [-0.39, 0.29) is 5.41 Å². The van der Waals surface area contributed by atoms with Crippen molar-refractivity contribution in [2.75, 3.05) is 0 Å². The van der Waals surface area contributed by atoms with Gasteiger partial charge < -0.3 is 10.2 Å². The number of rotatable bonds is 12. The minimum Gasteiger partial charge on any atom is -0.478 e. The van der Waals surface area contributed by atoms with Crippen LogP contribution in [0.5, 0.6) is 0 Å². The van der Waals surface area contributed by atoms with Crippen molar-refractivity contribution in [2.45, 2.75) is 98.3 Å². The highest BCUT2D eigenvalue weighted by Gasteiger charge is 2.29. The predicted molar refractivity (Wildman–Crippen MR) is 135 cm³/mol. The zero-order chi connectivity index (χ0) is 24.8. The van der Waals surface area contributed by atoms with Crippen molar-refractivity contribution >= 4 is 11.9 Å². The Labute approximate surface area is 199 Å². The van der Waals surface area contributed by atoms with Gasteiger partial charge in [-0.05, 0) is 59.1 Å². The van der Waals surface area contributed by atoms with Gasteiger partial charge in [0.25, 0.3) is 0 Å². The fourth-order valence-electron chi connectivity index (χ4n) is 4.84. The summed E-state index contributed by atoms with van der Waals surface area (Å²) < 4.78 is 0. The molecule has 0 atom stereocenters. The first-order valence-corrected chi connectivity index (χ1v) is 12.4. The number of hydrogen-bond donors (Lipinski definition) is 2. The Bertz CT molecular complexity index is 867. The Kier molecular flexibility index (Phi) is 9.27. The first kappa shape index (κ1) is 26.6. The van der Waals surface area contributed by atoms with Crippen LogP contribution in [-0.2, 0) is 31.1 Å². The molecule has 4 nitrogen and oxygen atoms in total. The topological polar surface area (TPSA) is 74.6 Å². The summed E-state index contributed by atoms with van der Waals surface area (Å²) in [6.45, 7) is 12.6. The van der Waals surface area contributed by atoms with Crippen molar-refractivity contribution in [1.82, 2.24) is 0 Å². The summed E-state index contributed by atoms with van der Waals surface area (Å²) in [4.78, 5) is 24.2. The van der Waals surface area contributed by atoms with E-state index in [1.165, 1.54) is 0 Å². The molecule has 2 N–H and O–H groups in total. The fraction of sp³-hybridized carbons (Fsp3) is 0.517. The highest BCUT2D eigenvalue weighted by molar-refractivity contribution is 5.92. The third-order valence-electron chi connectivity index (χ3n) is 6.55. The van der Waals surface area contributed by atoms with Gasteiger partial charge in [-0.15, -0.1) is 0 Å². The summed E-state index contributed by atoms with van der Waals surface area (Å²) in [5.41, 5.74) is 6.28. The van der Waals surface area contributed by atoms with Crippen molar-refractivity contribution in [2.24, 2.45) is 0 Å². The molecule has 0 amide bonds. The van der Waals surface area contributed by atoms with Gasteiger partial charge in [0.2, 0.25) is 0 Å². The van der Waals surface area contributed by atoms with E-state index in [2.05, 4.69) is 65.8 Å². The number of aryl methyl sites for hydroxylation is 4. The number of carboxylic acids is 2. The minimum absolute atomic E-state index is 0.385. The monoisotopic (exact) mass is 452 g/mol. The lowest BCUT2D eigenvalue weighted by molar-refractivity contribution is 0.0683. The maximum absolute atomic E-state index is 12.1. The number of hydrogen-bond acceptors (Lipinski definition) is 2. The molecule has 0 unspecified atom stereocenters. The highest BCUT2D eigenvalue weighted by atomic mass is 16.4. The molecular formula is C29H40O4. The van der Waals surface area contributed by atoms with E-state index >= 15 is 0 Å². The van der Waals surface area contributed by atoms with Crippen LogP contribution in [0.4, 0.5) is 0 Å². The van der Waals surface area contributed by atoms with Gasteiger partial charge in [0.05, 0.1) is 11.1 Å². The molecule has 0 spiro atoms. The largest absolute Gasteiger partial charge is 0.478 e. The normalized spacial score (nSPS) is 11.6. The molecule has 4 heteroatoms. The molecule has 0 aliphatic carbocycles. The molecule has 33 heavy (non-hydrogen) atoms. The summed E-state index contributed by atoms with van der Waals surface area (Å²) in [6, 6.07) is 8.26. The lowest BCUT2D eigenvalue weighted by Gasteiger charge is -2.30. The van der Waals surface area contributed by atoms with E-state index in [0.29, 0.717) is 11.1 Å². The number of aromatic carboxylic acids is 2. The minimum atomic E-state index is -0.854. The second-order valence-corrected chi connectivity index (χ2v) is 9.57. The van der Waals surface area contributed by atoms with Crippen LogP contribution < -0.4 is 0 Å². The summed E-state index contributed by atoms with van der Waals surface area (Å²) in [6.07, 6.45) is 6.42. The van der Waals surface area contributed by atoms with Gasteiger partial charge in [-0.2, -0.15) is 0 Å². The molecule has 0 heterocycles. The lowest BCUT2D eigenvalue weighted by Crippen LogP contribution is -2.23. The molecule has 0 aromatic heterocycles. The van der Waals surface area contributed by atoms with E-state index in [1.807, 2.05) is 0 Å². The summed E-state index contributed by atoms with van der Waals surface area (Å²) in [5, 5.41) is 19.9. The van der Waals surface area contributed by atoms with Gasteiger partial charge in [-0.3, -0.25) is 0 Å². The van der Waals surface area contributed by atoms with Gasteiger partial charge in [-0.1, -0.05) is 91.5 Å². The number of carbonyl (C=O) groups is 2. The molecular weight excluding hydrogens is 412 g/mol. The van der Waals surface area contributed by atoms with E-state index in [0.717, 1.165) is 84.7 Å². The number of carboxylic acid groups (broad SMARTS) is 2. The molecule has 0 saturated heterocycles. The van der Waals surface area contributed by atoms with Gasteiger partial charge in [0, 0.05) is 5.41 Å². The third-order valence-corrected chi connectivity index (χ3v) is 6.55. The first-order chi connectivity index (χ1) is 15.6. The van der Waals surface area contributed by atoms with Gasteiger partial charge in [-0.25, -0.2) is 9.59 Å². The zero-order valence-corrected chi connectivity index (χ0v) is 21.2. The standard InChI is InChI=1S/C29H40O4/c1-7-11-19-15-23(16-20(12-8-2)25(19)27(30)31)29(5,6)24-17-21(13-9-3)26(28(32)33)22(18-24)14-10-4/h15-18H,7-14H2,1-6H3,(H,30,31)(H,32,33). The Morgan fingerprint density at radius 1 is 0.606 bits per heavy atom. The molecule has 0 saturated carbocycles. The van der Waals surface area contributed by atoms with Crippen LogP contribution in [0.15, 0.2) is 24.3 Å². The van der Waals surface area contributed by atoms with Crippen molar-refractivity contribution < 1.29 is 19.8 Å². The molecule has 0 fully saturated rings. The predicted octanol–water partition coefficient (Wildman–Crippen LogP) is 7.22. The van der Waals surface area contributed by atoms with Crippen LogP contribution in [-0.4, -0.2) is 22.2 Å². The Morgan fingerprint density at radius 3 is 1.03 bits per heavy atom. The van der Waals surface area contributed by atoms with Crippen LogP contribution in [0.1, 0.15) is 121 Å². The number of benzene rings is 2. The van der Waals surface area contributed by atoms with Crippen LogP contribution in [0.3, 0.4) is 0 Å².